The van der Waals surface area contributed by atoms with Crippen molar-refractivity contribution in [2.75, 3.05) is 0 Å². The van der Waals surface area contributed by atoms with Crippen LogP contribution in [0.2, 0.25) is 0 Å². The summed E-state index contributed by atoms with van der Waals surface area (Å²) in [6.07, 6.45) is 25.4. The Bertz CT molecular complexity index is 568. The highest BCUT2D eigenvalue weighted by Crippen LogP contribution is 2.45. The van der Waals surface area contributed by atoms with Crippen LogP contribution in [0.25, 0.3) is 0 Å². The monoisotopic (exact) mass is 249 g/mol. The summed E-state index contributed by atoms with van der Waals surface area (Å²) in [5.41, 5.74) is 4.59. The molecule has 0 aromatic carbocycles. The molecule has 4 rings (SSSR count). The first-order valence-corrected chi connectivity index (χ1v) is 7.35. The van der Waals surface area contributed by atoms with Gasteiger partial charge in [0.25, 0.3) is 0 Å². The molecule has 96 valence electrons. The Hall–Kier alpha value is -1.76. The third-order valence-corrected chi connectivity index (χ3v) is 4.55. The van der Waals surface area contributed by atoms with Gasteiger partial charge in [-0.1, -0.05) is 42.5 Å². The third-order valence-electron chi connectivity index (χ3n) is 4.55. The quantitative estimate of drug-likeness (QED) is 0.671. The molecule has 0 saturated heterocycles. The van der Waals surface area contributed by atoms with Gasteiger partial charge in [0.15, 0.2) is 0 Å². The number of nitrogens with zero attached hydrogens (tertiary/aromatic N) is 1. The fraction of sp³-hybridized carbons (Fsp3) is 0.333. The molecule has 0 spiro atoms. The molecule has 1 nitrogen and oxygen atoms in total. The summed E-state index contributed by atoms with van der Waals surface area (Å²) >= 11 is 0. The van der Waals surface area contributed by atoms with Gasteiger partial charge in [0.05, 0.1) is 6.04 Å². The Morgan fingerprint density at radius 2 is 1.84 bits per heavy atom. The van der Waals surface area contributed by atoms with Crippen molar-refractivity contribution in [3.05, 3.63) is 71.7 Å². The van der Waals surface area contributed by atoms with Gasteiger partial charge in [0.2, 0.25) is 0 Å². The maximum Gasteiger partial charge on any atom is 0.0623 e. The summed E-state index contributed by atoms with van der Waals surface area (Å²) in [6.45, 7) is 0. The highest BCUT2D eigenvalue weighted by molar-refractivity contribution is 5.46. The van der Waals surface area contributed by atoms with Crippen LogP contribution in [-0.4, -0.2) is 10.9 Å². The second kappa shape index (κ2) is 4.41. The van der Waals surface area contributed by atoms with Gasteiger partial charge in [-0.15, -0.1) is 0 Å². The maximum atomic E-state index is 2.58. The Labute approximate surface area is 115 Å². The molecule has 2 unspecified atom stereocenters. The van der Waals surface area contributed by atoms with E-state index in [2.05, 4.69) is 59.6 Å². The standard InChI is InChI=1S/C18H19N/c1-2-8-14(9-3-1)19-17-12-6-4-10-15(17)16-11-5-7-13-18(16)19/h1-2,4,6-8,10,12-13,15,17H,3,5,9,11H2. The van der Waals surface area contributed by atoms with E-state index in [1.165, 1.54) is 37.1 Å². The lowest BCUT2D eigenvalue weighted by Crippen LogP contribution is -2.32. The molecule has 1 aliphatic heterocycles. The van der Waals surface area contributed by atoms with Crippen molar-refractivity contribution in [3.8, 4) is 0 Å². The molecule has 1 heteroatoms. The molecule has 0 radical (unpaired) electrons. The third kappa shape index (κ3) is 1.68. The van der Waals surface area contributed by atoms with Crippen LogP contribution < -0.4 is 0 Å². The first kappa shape index (κ1) is 11.1. The lowest BCUT2D eigenvalue weighted by molar-refractivity contribution is 0.358. The van der Waals surface area contributed by atoms with Gasteiger partial charge in [0.1, 0.15) is 0 Å². The van der Waals surface area contributed by atoms with Crippen molar-refractivity contribution in [1.29, 1.82) is 0 Å². The van der Waals surface area contributed by atoms with Crippen LogP contribution in [0.1, 0.15) is 25.7 Å². The predicted octanol–water partition coefficient (Wildman–Crippen LogP) is 4.25. The molecule has 2 atom stereocenters. The van der Waals surface area contributed by atoms with Gasteiger partial charge in [0, 0.05) is 17.3 Å². The highest BCUT2D eigenvalue weighted by Gasteiger charge is 2.39. The van der Waals surface area contributed by atoms with E-state index in [1.807, 2.05) is 0 Å². The first-order chi connectivity index (χ1) is 9.45. The lowest BCUT2D eigenvalue weighted by Gasteiger charge is -2.32. The summed E-state index contributed by atoms with van der Waals surface area (Å²) < 4.78 is 0. The van der Waals surface area contributed by atoms with Gasteiger partial charge in [-0.2, -0.15) is 0 Å². The molecule has 0 aromatic rings. The minimum atomic E-state index is 0.510. The first-order valence-electron chi connectivity index (χ1n) is 7.35. The van der Waals surface area contributed by atoms with Crippen molar-refractivity contribution in [2.45, 2.75) is 31.7 Å². The second-order valence-electron chi connectivity index (χ2n) is 5.63. The molecule has 0 amide bonds. The zero-order chi connectivity index (χ0) is 12.7. The smallest absolute Gasteiger partial charge is 0.0623 e. The number of hydrogen-bond acceptors (Lipinski definition) is 1. The molecule has 0 saturated carbocycles. The minimum absolute atomic E-state index is 0.510. The van der Waals surface area contributed by atoms with Crippen molar-refractivity contribution >= 4 is 0 Å². The molecule has 3 aliphatic carbocycles. The number of fused-ring (bicyclic) bond motifs is 2. The topological polar surface area (TPSA) is 3.24 Å². The zero-order valence-electron chi connectivity index (χ0n) is 11.1. The van der Waals surface area contributed by atoms with E-state index >= 15 is 0 Å². The summed E-state index contributed by atoms with van der Waals surface area (Å²) in [4.78, 5) is 2.58. The minimum Gasteiger partial charge on any atom is -0.337 e. The molecule has 4 aliphatic rings. The van der Waals surface area contributed by atoms with Crippen LogP contribution in [0.15, 0.2) is 71.7 Å². The van der Waals surface area contributed by atoms with Gasteiger partial charge in [-0.25, -0.2) is 0 Å². The normalized spacial score (nSPS) is 31.6. The molecule has 19 heavy (non-hydrogen) atoms. The molecule has 0 aromatic heterocycles. The number of hydrogen-bond donors (Lipinski definition) is 0. The van der Waals surface area contributed by atoms with Gasteiger partial charge < -0.3 is 4.90 Å². The van der Waals surface area contributed by atoms with E-state index in [4.69, 9.17) is 0 Å². The largest absolute Gasteiger partial charge is 0.337 e. The predicted molar refractivity (Wildman–Crippen MR) is 79.3 cm³/mol. The van der Waals surface area contributed by atoms with Crippen LogP contribution in [0.4, 0.5) is 0 Å². The Balaban J connectivity index is 1.80. The van der Waals surface area contributed by atoms with Gasteiger partial charge >= 0.3 is 0 Å². The Morgan fingerprint density at radius 3 is 2.74 bits per heavy atom. The summed E-state index contributed by atoms with van der Waals surface area (Å²) in [6, 6.07) is 0.510. The van der Waals surface area contributed by atoms with Gasteiger partial charge in [-0.3, -0.25) is 0 Å². The molecule has 0 N–H and O–H groups in total. The van der Waals surface area contributed by atoms with E-state index in [0.717, 1.165) is 0 Å². The van der Waals surface area contributed by atoms with Crippen LogP contribution in [-0.2, 0) is 0 Å². The second-order valence-corrected chi connectivity index (χ2v) is 5.63. The van der Waals surface area contributed by atoms with Gasteiger partial charge in [-0.05, 0) is 43.4 Å². The SMILES string of the molecule is C1=CCCC(N2C3=C(CCC=C3)C3C=CC=CC32)=C1. The summed E-state index contributed by atoms with van der Waals surface area (Å²) in [5, 5.41) is 0. The molecular weight excluding hydrogens is 230 g/mol. The fourth-order valence-corrected chi connectivity index (χ4v) is 3.70. The summed E-state index contributed by atoms with van der Waals surface area (Å²) in [5.74, 6) is 0.594. The molecular formula is C18H19N. The van der Waals surface area contributed by atoms with Crippen molar-refractivity contribution in [2.24, 2.45) is 5.92 Å². The summed E-state index contributed by atoms with van der Waals surface area (Å²) in [7, 11) is 0. The van der Waals surface area contributed by atoms with E-state index in [1.54, 1.807) is 5.57 Å². The number of rotatable bonds is 1. The van der Waals surface area contributed by atoms with E-state index in [-0.39, 0.29) is 0 Å². The molecule has 1 heterocycles. The Morgan fingerprint density at radius 1 is 0.947 bits per heavy atom. The van der Waals surface area contributed by atoms with Crippen LogP contribution in [0.5, 0.6) is 0 Å². The highest BCUT2D eigenvalue weighted by atomic mass is 15.2. The van der Waals surface area contributed by atoms with Crippen molar-refractivity contribution < 1.29 is 0 Å². The Kier molecular flexibility index (Phi) is 2.58. The van der Waals surface area contributed by atoms with Crippen LogP contribution >= 0.6 is 0 Å². The van der Waals surface area contributed by atoms with E-state index in [0.29, 0.717) is 12.0 Å². The molecule has 0 bridgehead atoms. The zero-order valence-corrected chi connectivity index (χ0v) is 11.1. The van der Waals surface area contributed by atoms with Crippen molar-refractivity contribution in [1.82, 2.24) is 4.90 Å². The molecule has 0 fully saturated rings. The van der Waals surface area contributed by atoms with E-state index in [9.17, 15) is 0 Å². The fourth-order valence-electron chi connectivity index (χ4n) is 3.70. The van der Waals surface area contributed by atoms with Crippen LogP contribution in [0, 0.1) is 5.92 Å². The van der Waals surface area contributed by atoms with E-state index < -0.39 is 0 Å². The average molecular weight is 249 g/mol. The average Bonchev–Trinajstić information content (AvgIpc) is 2.83. The lowest BCUT2D eigenvalue weighted by atomic mass is 9.87. The van der Waals surface area contributed by atoms with Crippen molar-refractivity contribution in [3.63, 3.8) is 0 Å². The maximum absolute atomic E-state index is 2.58. The number of allylic oxidation sites excluding steroid dienone is 8. The van der Waals surface area contributed by atoms with Crippen LogP contribution in [0.3, 0.4) is 0 Å².